The van der Waals surface area contributed by atoms with Crippen molar-refractivity contribution in [2.45, 2.75) is 57.8 Å². The predicted molar refractivity (Wildman–Crippen MR) is 116 cm³/mol. The first-order valence-corrected chi connectivity index (χ1v) is 11.0. The smallest absolute Gasteiger partial charge is 0.306 e. The molecule has 164 valence electrons. The monoisotopic (exact) mass is 414 g/mol. The van der Waals surface area contributed by atoms with Crippen LogP contribution < -0.4 is 15.2 Å². The molecule has 0 fully saturated rings. The summed E-state index contributed by atoms with van der Waals surface area (Å²) in [6.45, 7) is 6.52. The van der Waals surface area contributed by atoms with Crippen LogP contribution in [-0.4, -0.2) is 50.3 Å². The van der Waals surface area contributed by atoms with Gasteiger partial charge < -0.3 is 19.9 Å². The zero-order chi connectivity index (χ0) is 21.4. The molecule has 0 radical (unpaired) electrons. The first-order chi connectivity index (χ1) is 14.4. The highest BCUT2D eigenvalue weighted by Gasteiger charge is 2.46. The third kappa shape index (κ3) is 4.08. The Balaban J connectivity index is 1.54. The van der Waals surface area contributed by atoms with Gasteiger partial charge in [0.15, 0.2) is 11.5 Å². The van der Waals surface area contributed by atoms with E-state index in [-0.39, 0.29) is 30.0 Å². The Labute approximate surface area is 179 Å². The summed E-state index contributed by atoms with van der Waals surface area (Å²) < 4.78 is 17.9. The van der Waals surface area contributed by atoms with E-state index in [4.69, 9.17) is 19.9 Å². The maximum atomic E-state index is 12.6. The molecule has 0 aromatic heterocycles. The van der Waals surface area contributed by atoms with Crippen LogP contribution in [0.1, 0.15) is 50.2 Å². The largest absolute Gasteiger partial charge is 0.493 e. The van der Waals surface area contributed by atoms with Crippen LogP contribution in [0.4, 0.5) is 0 Å². The van der Waals surface area contributed by atoms with Gasteiger partial charge in [0.1, 0.15) is 12.2 Å². The Morgan fingerprint density at radius 2 is 2.13 bits per heavy atom. The zero-order valence-corrected chi connectivity index (χ0v) is 18.5. The predicted octanol–water partition coefficient (Wildman–Crippen LogP) is 3.24. The molecule has 4 unspecified atom stereocenters. The molecule has 0 amide bonds. The summed E-state index contributed by atoms with van der Waals surface area (Å²) in [5.74, 6) is 2.37. The van der Waals surface area contributed by atoms with E-state index in [9.17, 15) is 4.79 Å². The molecule has 4 rings (SSSR count). The molecular weight excluding hydrogens is 380 g/mol. The maximum absolute atomic E-state index is 12.6. The fraction of sp³-hybridized carbons (Fsp3) is 0.625. The van der Waals surface area contributed by atoms with Crippen LogP contribution in [0.5, 0.6) is 11.5 Å². The molecule has 30 heavy (non-hydrogen) atoms. The quantitative estimate of drug-likeness (QED) is 0.545. The van der Waals surface area contributed by atoms with Gasteiger partial charge in [0.25, 0.3) is 0 Å². The minimum atomic E-state index is -0.263. The molecule has 1 aromatic carbocycles. The second kappa shape index (κ2) is 8.60. The lowest BCUT2D eigenvalue weighted by Crippen LogP contribution is -2.35. The van der Waals surface area contributed by atoms with E-state index in [1.54, 1.807) is 7.11 Å². The van der Waals surface area contributed by atoms with Gasteiger partial charge in [-0.05, 0) is 55.1 Å². The van der Waals surface area contributed by atoms with E-state index < -0.39 is 0 Å². The van der Waals surface area contributed by atoms with Crippen molar-refractivity contribution < 1.29 is 19.0 Å². The Morgan fingerprint density at radius 1 is 1.33 bits per heavy atom. The topological polar surface area (TPSA) is 74.0 Å². The van der Waals surface area contributed by atoms with Crippen LogP contribution in [0.2, 0.25) is 0 Å². The molecule has 4 atom stereocenters. The molecule has 6 heteroatoms. The van der Waals surface area contributed by atoms with Crippen LogP contribution >= 0.6 is 0 Å². The number of carbonyl (C=O) groups excluding carboxylic acids is 1. The summed E-state index contributed by atoms with van der Waals surface area (Å²) in [5.41, 5.74) is 9.69. The van der Waals surface area contributed by atoms with Gasteiger partial charge in [-0.15, -0.1) is 0 Å². The molecule has 0 saturated carbocycles. The number of carbonyl (C=O) groups is 1. The number of benzene rings is 1. The molecule has 3 aliphatic rings. The second-order valence-corrected chi connectivity index (χ2v) is 9.42. The summed E-state index contributed by atoms with van der Waals surface area (Å²) in [6, 6.07) is 4.14. The van der Waals surface area contributed by atoms with Gasteiger partial charge in [0, 0.05) is 37.4 Å². The number of ether oxygens (including phenoxy) is 3. The second-order valence-electron chi connectivity index (χ2n) is 9.42. The van der Waals surface area contributed by atoms with Gasteiger partial charge in [-0.3, -0.25) is 9.69 Å². The molecule has 6 nitrogen and oxygen atoms in total. The number of hydrogen-bond acceptors (Lipinski definition) is 6. The highest BCUT2D eigenvalue weighted by atomic mass is 16.6. The fourth-order valence-corrected chi connectivity index (χ4v) is 5.31. The van der Waals surface area contributed by atoms with E-state index in [2.05, 4.69) is 37.9 Å². The normalized spacial score (nSPS) is 25.8. The van der Waals surface area contributed by atoms with Crippen molar-refractivity contribution in [1.29, 1.82) is 0 Å². The van der Waals surface area contributed by atoms with E-state index in [0.29, 0.717) is 25.3 Å². The van der Waals surface area contributed by atoms with Gasteiger partial charge in [0.2, 0.25) is 0 Å². The van der Waals surface area contributed by atoms with Crippen LogP contribution in [0, 0.1) is 11.8 Å². The molecule has 0 saturated heterocycles. The van der Waals surface area contributed by atoms with Crippen LogP contribution in [0.3, 0.4) is 0 Å². The first-order valence-electron chi connectivity index (χ1n) is 11.0. The Hall–Kier alpha value is -2.05. The highest BCUT2D eigenvalue weighted by Crippen LogP contribution is 2.53. The molecule has 1 aromatic rings. The minimum absolute atomic E-state index is 0.0275. The zero-order valence-electron chi connectivity index (χ0n) is 18.5. The number of likely N-dealkylation sites (N-methyl/N-ethyl adjacent to an activating group) is 1. The lowest BCUT2D eigenvalue weighted by atomic mass is 9.80. The van der Waals surface area contributed by atoms with Gasteiger partial charge in [-0.2, -0.15) is 0 Å². The SMILES string of the molecule is COc1ccc2c3c1OC1CC(OC(=O)CC(CN)CC(C)C)C=C(CN(C)C2)C31. The summed E-state index contributed by atoms with van der Waals surface area (Å²) in [5, 5.41) is 0. The first kappa shape index (κ1) is 21.2. The van der Waals surface area contributed by atoms with Crippen molar-refractivity contribution in [1.82, 2.24) is 4.90 Å². The summed E-state index contributed by atoms with van der Waals surface area (Å²) in [7, 11) is 3.81. The maximum Gasteiger partial charge on any atom is 0.306 e. The average molecular weight is 415 g/mol. The lowest BCUT2D eigenvalue weighted by molar-refractivity contribution is -0.149. The Morgan fingerprint density at radius 3 is 2.83 bits per heavy atom. The van der Waals surface area contributed by atoms with Crippen molar-refractivity contribution in [3.63, 3.8) is 0 Å². The van der Waals surface area contributed by atoms with Crippen molar-refractivity contribution in [2.75, 3.05) is 27.2 Å². The standard InChI is InChI=1S/C24H34N2O4/c1-14(2)7-15(11-25)8-21(27)29-18-9-17-13-26(3)12-16-5-6-19(28-4)24-23(16)22(17)20(10-18)30-24/h5-6,9,14-15,18,20,22H,7-8,10-13,25H2,1-4H3. The molecule has 0 bridgehead atoms. The summed E-state index contributed by atoms with van der Waals surface area (Å²) >= 11 is 0. The number of hydrogen-bond donors (Lipinski definition) is 1. The molecule has 0 spiro atoms. The van der Waals surface area contributed by atoms with E-state index in [1.807, 2.05) is 6.07 Å². The minimum Gasteiger partial charge on any atom is -0.493 e. The summed E-state index contributed by atoms with van der Waals surface area (Å²) in [6.07, 6.45) is 3.85. The van der Waals surface area contributed by atoms with E-state index in [1.165, 1.54) is 16.7 Å². The van der Waals surface area contributed by atoms with Crippen LogP contribution in [0.25, 0.3) is 0 Å². The van der Waals surface area contributed by atoms with Crippen molar-refractivity contribution >= 4 is 5.97 Å². The van der Waals surface area contributed by atoms with E-state index in [0.717, 1.165) is 31.0 Å². The van der Waals surface area contributed by atoms with Crippen LogP contribution in [-0.2, 0) is 16.1 Å². The molecule has 2 aliphatic heterocycles. The third-order valence-electron chi connectivity index (χ3n) is 6.46. The number of methoxy groups -OCH3 is 1. The average Bonchev–Trinajstić information content (AvgIpc) is 2.99. The van der Waals surface area contributed by atoms with Crippen molar-refractivity contribution in [3.05, 3.63) is 34.9 Å². The Kier molecular flexibility index (Phi) is 6.07. The molecule has 1 aliphatic carbocycles. The number of nitrogens with zero attached hydrogens (tertiary/aromatic N) is 1. The van der Waals surface area contributed by atoms with Gasteiger partial charge >= 0.3 is 5.97 Å². The lowest BCUT2D eigenvalue weighted by Gasteiger charge is -2.31. The molecular formula is C24H34N2O4. The Bertz CT molecular complexity index is 835. The molecule has 2 N–H and O–H groups in total. The van der Waals surface area contributed by atoms with Gasteiger partial charge in [-0.1, -0.05) is 19.9 Å². The van der Waals surface area contributed by atoms with Gasteiger partial charge in [0.05, 0.1) is 7.11 Å². The van der Waals surface area contributed by atoms with Crippen molar-refractivity contribution in [3.8, 4) is 11.5 Å². The fourth-order valence-electron chi connectivity index (χ4n) is 5.31. The third-order valence-corrected chi connectivity index (χ3v) is 6.46. The summed E-state index contributed by atoms with van der Waals surface area (Å²) in [4.78, 5) is 14.9. The van der Waals surface area contributed by atoms with E-state index >= 15 is 0 Å². The van der Waals surface area contributed by atoms with Gasteiger partial charge in [-0.25, -0.2) is 0 Å². The highest BCUT2D eigenvalue weighted by molar-refractivity contribution is 5.70. The van der Waals surface area contributed by atoms with Crippen LogP contribution in [0.15, 0.2) is 23.8 Å². The number of rotatable bonds is 7. The van der Waals surface area contributed by atoms with Crippen molar-refractivity contribution in [2.24, 2.45) is 17.6 Å². The molecule has 2 heterocycles. The number of esters is 1. The number of nitrogens with two attached hydrogens (primary N) is 1.